The van der Waals surface area contributed by atoms with Crippen molar-refractivity contribution in [3.05, 3.63) is 35.6 Å². The number of carbonyl (C=O) groups is 2. The zero-order valence-electron chi connectivity index (χ0n) is 10.4. The maximum absolute atomic E-state index is 12.8. The molecular weight excluding hydrogens is 251 g/mol. The van der Waals surface area contributed by atoms with E-state index in [0.717, 1.165) is 5.56 Å². The van der Waals surface area contributed by atoms with Crippen LogP contribution in [0.5, 0.6) is 0 Å². The van der Waals surface area contributed by atoms with Gasteiger partial charge in [-0.1, -0.05) is 12.1 Å². The molecule has 1 fully saturated rings. The summed E-state index contributed by atoms with van der Waals surface area (Å²) >= 11 is 0. The molecule has 1 saturated heterocycles. The summed E-state index contributed by atoms with van der Waals surface area (Å²) in [5.74, 6) is -1.16. The van der Waals surface area contributed by atoms with Gasteiger partial charge in [-0.3, -0.25) is 4.79 Å². The molecule has 1 aliphatic rings. The van der Waals surface area contributed by atoms with Crippen molar-refractivity contribution in [2.45, 2.75) is 31.8 Å². The topological polar surface area (TPSA) is 52.6 Å². The van der Waals surface area contributed by atoms with Crippen molar-refractivity contribution in [3.63, 3.8) is 0 Å². The molecule has 2 rings (SSSR count). The Labute approximate surface area is 110 Å². The summed E-state index contributed by atoms with van der Waals surface area (Å²) in [6.45, 7) is -0.314. The first-order valence-electron chi connectivity index (χ1n) is 6.23. The molecule has 1 heterocycles. The van der Waals surface area contributed by atoms with Gasteiger partial charge < -0.3 is 9.47 Å². The Kier molecular flexibility index (Phi) is 4.49. The van der Waals surface area contributed by atoms with Gasteiger partial charge in [0.2, 0.25) is 0 Å². The van der Waals surface area contributed by atoms with Gasteiger partial charge in [-0.25, -0.2) is 9.18 Å². The molecule has 0 radical (unpaired) electrons. The Balaban J connectivity index is 1.88. The largest absolute Gasteiger partial charge is 0.460 e. The van der Waals surface area contributed by atoms with E-state index in [2.05, 4.69) is 4.74 Å². The second-order valence-corrected chi connectivity index (χ2v) is 4.48. The Morgan fingerprint density at radius 1 is 1.16 bits per heavy atom. The maximum Gasteiger partial charge on any atom is 0.344 e. The number of benzene rings is 1. The number of halogens is 1. The van der Waals surface area contributed by atoms with Crippen LogP contribution in [0.3, 0.4) is 0 Å². The van der Waals surface area contributed by atoms with Crippen LogP contribution in [-0.2, 0) is 25.5 Å². The van der Waals surface area contributed by atoms with Crippen LogP contribution in [0.25, 0.3) is 0 Å². The lowest BCUT2D eigenvalue weighted by Crippen LogP contribution is -2.27. The molecule has 5 heteroatoms. The lowest BCUT2D eigenvalue weighted by atomic mass is 10.0. The van der Waals surface area contributed by atoms with Gasteiger partial charge in [-0.2, -0.15) is 0 Å². The lowest BCUT2D eigenvalue weighted by molar-refractivity contribution is -0.167. The summed E-state index contributed by atoms with van der Waals surface area (Å²) in [6.07, 6.45) is 1.72. The summed E-state index contributed by atoms with van der Waals surface area (Å²) in [5, 5.41) is 0. The number of esters is 2. The van der Waals surface area contributed by atoms with Crippen molar-refractivity contribution in [2.24, 2.45) is 0 Å². The number of cyclic esters (lactones) is 2. The quantitative estimate of drug-likeness (QED) is 0.785. The zero-order valence-corrected chi connectivity index (χ0v) is 10.4. The third-order valence-electron chi connectivity index (χ3n) is 2.99. The van der Waals surface area contributed by atoms with E-state index in [0.29, 0.717) is 19.3 Å². The van der Waals surface area contributed by atoms with E-state index in [4.69, 9.17) is 4.74 Å². The van der Waals surface area contributed by atoms with Crippen molar-refractivity contribution in [1.29, 1.82) is 0 Å². The lowest BCUT2D eigenvalue weighted by Gasteiger charge is -2.20. The van der Waals surface area contributed by atoms with Gasteiger partial charge >= 0.3 is 11.9 Å². The number of carbonyl (C=O) groups excluding carboxylic acids is 2. The highest BCUT2D eigenvalue weighted by Gasteiger charge is 2.21. The molecule has 0 spiro atoms. The van der Waals surface area contributed by atoms with Crippen LogP contribution >= 0.6 is 0 Å². The summed E-state index contributed by atoms with van der Waals surface area (Å²) in [4.78, 5) is 22.5. The van der Waals surface area contributed by atoms with Gasteiger partial charge in [0.1, 0.15) is 11.9 Å². The predicted molar refractivity (Wildman–Crippen MR) is 64.8 cm³/mol. The van der Waals surface area contributed by atoms with Crippen molar-refractivity contribution in [3.8, 4) is 0 Å². The van der Waals surface area contributed by atoms with E-state index in [1.807, 2.05) is 0 Å². The van der Waals surface area contributed by atoms with Crippen LogP contribution in [0.4, 0.5) is 4.39 Å². The summed E-state index contributed by atoms with van der Waals surface area (Å²) in [5.41, 5.74) is 0.974. The number of aryl methyl sites for hydroxylation is 1. The van der Waals surface area contributed by atoms with E-state index in [-0.39, 0.29) is 30.9 Å². The van der Waals surface area contributed by atoms with Gasteiger partial charge in [0, 0.05) is 6.42 Å². The molecule has 0 aromatic heterocycles. The number of ether oxygens (including phenoxy) is 2. The molecule has 0 bridgehead atoms. The molecule has 1 atom stereocenters. The maximum atomic E-state index is 12.8. The fourth-order valence-electron chi connectivity index (χ4n) is 1.95. The zero-order chi connectivity index (χ0) is 13.7. The smallest absolute Gasteiger partial charge is 0.344 e. The Hall–Kier alpha value is -1.91. The van der Waals surface area contributed by atoms with Crippen LogP contribution in [0, 0.1) is 5.82 Å². The Morgan fingerprint density at radius 3 is 2.63 bits per heavy atom. The minimum Gasteiger partial charge on any atom is -0.460 e. The normalized spacial score (nSPS) is 20.2. The van der Waals surface area contributed by atoms with Gasteiger partial charge in [-0.15, -0.1) is 0 Å². The first-order valence-corrected chi connectivity index (χ1v) is 6.23. The standard InChI is InChI=1S/C14H15FO4/c15-11-4-1-10(2-5-11)3-6-12-7-8-13(16)18-9-14(17)19-12/h1-2,4-5,12H,3,6-9H2/t12-/m0/s1. The molecule has 1 aliphatic heterocycles. The van der Waals surface area contributed by atoms with E-state index in [1.165, 1.54) is 12.1 Å². The highest BCUT2D eigenvalue weighted by atomic mass is 19.1. The minimum atomic E-state index is -0.517. The Bertz CT molecular complexity index is 455. The van der Waals surface area contributed by atoms with Crippen molar-refractivity contribution in [2.75, 3.05) is 6.61 Å². The molecule has 1 aromatic rings. The minimum absolute atomic E-state index is 0.251. The van der Waals surface area contributed by atoms with E-state index in [1.54, 1.807) is 12.1 Å². The second-order valence-electron chi connectivity index (χ2n) is 4.48. The average molecular weight is 266 g/mol. The number of rotatable bonds is 3. The first kappa shape index (κ1) is 13.5. The van der Waals surface area contributed by atoms with Gasteiger partial charge in [0.15, 0.2) is 6.61 Å². The Morgan fingerprint density at radius 2 is 1.89 bits per heavy atom. The molecule has 102 valence electrons. The van der Waals surface area contributed by atoms with Crippen LogP contribution in [0.1, 0.15) is 24.8 Å². The molecular formula is C14H15FO4. The number of hydrogen-bond donors (Lipinski definition) is 0. The molecule has 0 saturated carbocycles. The predicted octanol–water partition coefficient (Wildman–Crippen LogP) is 2.01. The van der Waals surface area contributed by atoms with Crippen LogP contribution in [-0.4, -0.2) is 24.6 Å². The molecule has 0 unspecified atom stereocenters. The van der Waals surface area contributed by atoms with Gasteiger partial charge in [0.25, 0.3) is 0 Å². The van der Waals surface area contributed by atoms with E-state index < -0.39 is 5.97 Å². The fraction of sp³-hybridized carbons (Fsp3) is 0.429. The first-order chi connectivity index (χ1) is 9.13. The van der Waals surface area contributed by atoms with E-state index in [9.17, 15) is 14.0 Å². The summed E-state index contributed by atoms with van der Waals surface area (Å²) in [6, 6.07) is 6.20. The molecule has 0 amide bonds. The third-order valence-corrected chi connectivity index (χ3v) is 2.99. The van der Waals surface area contributed by atoms with Crippen molar-refractivity contribution in [1.82, 2.24) is 0 Å². The SMILES string of the molecule is O=C1CC[C@H](CCc2ccc(F)cc2)OC(=O)CO1. The average Bonchev–Trinajstić information content (AvgIpc) is 2.39. The van der Waals surface area contributed by atoms with E-state index >= 15 is 0 Å². The summed E-state index contributed by atoms with van der Waals surface area (Å²) < 4.78 is 22.6. The monoisotopic (exact) mass is 266 g/mol. The molecule has 19 heavy (non-hydrogen) atoms. The van der Waals surface area contributed by atoms with Crippen LogP contribution in [0.2, 0.25) is 0 Å². The highest BCUT2D eigenvalue weighted by Crippen LogP contribution is 2.15. The molecule has 1 aromatic carbocycles. The molecule has 0 aliphatic carbocycles. The number of hydrogen-bond acceptors (Lipinski definition) is 4. The van der Waals surface area contributed by atoms with Gasteiger partial charge in [0.05, 0.1) is 0 Å². The fourth-order valence-corrected chi connectivity index (χ4v) is 1.95. The van der Waals surface area contributed by atoms with Crippen LogP contribution in [0.15, 0.2) is 24.3 Å². The molecule has 0 N–H and O–H groups in total. The van der Waals surface area contributed by atoms with Gasteiger partial charge in [-0.05, 0) is 37.0 Å². The van der Waals surface area contributed by atoms with Crippen molar-refractivity contribution >= 4 is 11.9 Å². The second kappa shape index (κ2) is 6.31. The highest BCUT2D eigenvalue weighted by molar-refractivity contribution is 5.77. The molecule has 4 nitrogen and oxygen atoms in total. The third kappa shape index (κ3) is 4.35. The van der Waals surface area contributed by atoms with Crippen molar-refractivity contribution < 1.29 is 23.5 Å². The summed E-state index contributed by atoms with van der Waals surface area (Å²) in [7, 11) is 0. The van der Waals surface area contributed by atoms with Crippen LogP contribution < -0.4 is 0 Å².